The first kappa shape index (κ1) is 17.0. The van der Waals surface area contributed by atoms with Crippen LogP contribution in [-0.2, 0) is 16.6 Å². The summed E-state index contributed by atoms with van der Waals surface area (Å²) in [5.74, 6) is 0. The molecule has 0 spiro atoms. The van der Waals surface area contributed by atoms with E-state index in [0.717, 1.165) is 13.0 Å². The number of hydrogen-bond acceptors (Lipinski definition) is 3. The average Bonchev–Trinajstić information content (AvgIpc) is 2.95. The van der Waals surface area contributed by atoms with E-state index in [9.17, 15) is 8.42 Å². The van der Waals surface area contributed by atoms with Crippen LogP contribution in [0.1, 0.15) is 32.8 Å². The van der Waals surface area contributed by atoms with Gasteiger partial charge < -0.3 is 5.32 Å². The standard InChI is InChI=1S/C14H20Cl2N2O2S/c1-4-17-8-9-5-10(15)6-11(13(9)16)21(19,20)18-12-7-14(12,2)3/h5-6,12,17-18H,4,7-8H2,1-3H3. The molecule has 1 unspecified atom stereocenters. The molecule has 1 saturated carbocycles. The summed E-state index contributed by atoms with van der Waals surface area (Å²) in [5.41, 5.74) is 0.687. The van der Waals surface area contributed by atoms with E-state index in [1.807, 2.05) is 20.8 Å². The van der Waals surface area contributed by atoms with Gasteiger partial charge in [-0.3, -0.25) is 0 Å². The molecule has 0 radical (unpaired) electrons. The van der Waals surface area contributed by atoms with Crippen LogP contribution in [0.2, 0.25) is 10.0 Å². The zero-order chi connectivity index (χ0) is 15.8. The number of benzene rings is 1. The van der Waals surface area contributed by atoms with Gasteiger partial charge in [0.15, 0.2) is 0 Å². The second kappa shape index (κ2) is 6.05. The van der Waals surface area contributed by atoms with Gasteiger partial charge >= 0.3 is 0 Å². The molecule has 1 aliphatic carbocycles. The zero-order valence-corrected chi connectivity index (χ0v) is 14.7. The van der Waals surface area contributed by atoms with Crippen molar-refractivity contribution in [2.75, 3.05) is 6.54 Å². The summed E-state index contributed by atoms with van der Waals surface area (Å²) in [7, 11) is -3.66. The van der Waals surface area contributed by atoms with Crippen molar-refractivity contribution in [1.82, 2.24) is 10.0 Å². The minimum absolute atomic E-state index is 0.00468. The maximum Gasteiger partial charge on any atom is 0.242 e. The first-order chi connectivity index (χ1) is 9.67. The van der Waals surface area contributed by atoms with Gasteiger partial charge in [-0.15, -0.1) is 0 Å². The molecule has 4 nitrogen and oxygen atoms in total. The molecule has 1 fully saturated rings. The summed E-state index contributed by atoms with van der Waals surface area (Å²) in [6, 6.07) is 3.04. The molecule has 0 bridgehead atoms. The third kappa shape index (κ3) is 3.90. The Labute approximate surface area is 136 Å². The first-order valence-corrected chi connectivity index (χ1v) is 9.12. The Morgan fingerprint density at radius 2 is 1.95 bits per heavy atom. The number of halogens is 2. The lowest BCUT2D eigenvalue weighted by Crippen LogP contribution is -2.29. The van der Waals surface area contributed by atoms with E-state index in [4.69, 9.17) is 23.2 Å². The molecule has 1 aromatic rings. The quantitative estimate of drug-likeness (QED) is 0.828. The smallest absolute Gasteiger partial charge is 0.242 e. The maximum atomic E-state index is 12.5. The number of rotatable bonds is 6. The summed E-state index contributed by atoms with van der Waals surface area (Å²) in [6.07, 6.45) is 0.828. The van der Waals surface area contributed by atoms with Gasteiger partial charge in [0.25, 0.3) is 0 Å². The molecule has 21 heavy (non-hydrogen) atoms. The Kier molecular flexibility index (Phi) is 4.90. The molecule has 1 aliphatic rings. The maximum absolute atomic E-state index is 12.5. The average molecular weight is 351 g/mol. The van der Waals surface area contributed by atoms with E-state index in [2.05, 4.69) is 10.0 Å². The van der Waals surface area contributed by atoms with Crippen LogP contribution in [0.5, 0.6) is 0 Å². The molecule has 0 aromatic heterocycles. The van der Waals surface area contributed by atoms with Gasteiger partial charge in [0.2, 0.25) is 10.0 Å². The second-order valence-corrected chi connectivity index (χ2v) is 8.52. The van der Waals surface area contributed by atoms with Crippen molar-refractivity contribution in [3.05, 3.63) is 27.7 Å². The third-order valence-electron chi connectivity index (χ3n) is 3.75. The van der Waals surface area contributed by atoms with Gasteiger partial charge in [0, 0.05) is 17.6 Å². The van der Waals surface area contributed by atoms with Crippen LogP contribution in [0.3, 0.4) is 0 Å². The van der Waals surface area contributed by atoms with Crippen LogP contribution >= 0.6 is 23.2 Å². The van der Waals surface area contributed by atoms with Gasteiger partial charge in [-0.1, -0.05) is 44.0 Å². The van der Waals surface area contributed by atoms with Crippen molar-refractivity contribution in [2.24, 2.45) is 5.41 Å². The van der Waals surface area contributed by atoms with Gasteiger partial charge in [-0.25, -0.2) is 13.1 Å². The van der Waals surface area contributed by atoms with Crippen LogP contribution in [0.25, 0.3) is 0 Å². The van der Waals surface area contributed by atoms with Gasteiger partial charge in [-0.05, 0) is 36.1 Å². The molecule has 2 rings (SSSR count). The van der Waals surface area contributed by atoms with E-state index in [-0.39, 0.29) is 21.4 Å². The van der Waals surface area contributed by atoms with Crippen LogP contribution in [0, 0.1) is 5.41 Å². The predicted octanol–water partition coefficient (Wildman–Crippen LogP) is 3.18. The van der Waals surface area contributed by atoms with E-state index in [0.29, 0.717) is 17.1 Å². The fourth-order valence-corrected chi connectivity index (χ4v) is 4.46. The minimum Gasteiger partial charge on any atom is -0.313 e. The topological polar surface area (TPSA) is 58.2 Å². The molecule has 0 saturated heterocycles. The van der Waals surface area contributed by atoms with Gasteiger partial charge in [0.1, 0.15) is 4.90 Å². The van der Waals surface area contributed by atoms with Crippen LogP contribution in [0.4, 0.5) is 0 Å². The van der Waals surface area contributed by atoms with Crippen molar-refractivity contribution in [1.29, 1.82) is 0 Å². The Hall–Kier alpha value is -0.330. The fourth-order valence-electron chi connectivity index (χ4n) is 2.12. The highest BCUT2D eigenvalue weighted by molar-refractivity contribution is 7.89. The highest BCUT2D eigenvalue weighted by atomic mass is 35.5. The lowest BCUT2D eigenvalue weighted by atomic mass is 10.2. The Morgan fingerprint density at radius 3 is 2.48 bits per heavy atom. The summed E-state index contributed by atoms with van der Waals surface area (Å²) >= 11 is 12.3. The Morgan fingerprint density at radius 1 is 1.33 bits per heavy atom. The van der Waals surface area contributed by atoms with Crippen molar-refractivity contribution >= 4 is 33.2 Å². The molecule has 2 N–H and O–H groups in total. The summed E-state index contributed by atoms with van der Waals surface area (Å²) in [4.78, 5) is 0.0484. The van der Waals surface area contributed by atoms with Crippen LogP contribution in [0.15, 0.2) is 17.0 Å². The molecule has 0 aliphatic heterocycles. The van der Waals surface area contributed by atoms with Crippen molar-refractivity contribution in [2.45, 2.75) is 44.7 Å². The highest BCUT2D eigenvalue weighted by Gasteiger charge is 2.48. The molecule has 118 valence electrons. The molecular formula is C14H20Cl2N2O2S. The number of hydrogen-bond donors (Lipinski definition) is 2. The lowest BCUT2D eigenvalue weighted by molar-refractivity contribution is 0.555. The Balaban J connectivity index is 2.32. The summed E-state index contributed by atoms with van der Waals surface area (Å²) < 4.78 is 27.7. The third-order valence-corrected chi connectivity index (χ3v) is 6.02. The SMILES string of the molecule is CCNCc1cc(Cl)cc(S(=O)(=O)NC2CC2(C)C)c1Cl. The number of nitrogens with one attached hydrogen (secondary N) is 2. The fraction of sp³-hybridized carbons (Fsp3) is 0.571. The molecule has 7 heteroatoms. The largest absolute Gasteiger partial charge is 0.313 e. The molecule has 0 amide bonds. The summed E-state index contributed by atoms with van der Waals surface area (Å²) in [6.45, 7) is 7.26. The monoisotopic (exact) mass is 350 g/mol. The molecule has 1 aromatic carbocycles. The normalized spacial score (nSPS) is 20.5. The predicted molar refractivity (Wildman–Crippen MR) is 86.4 cm³/mol. The minimum atomic E-state index is -3.66. The molecule has 1 atom stereocenters. The molecular weight excluding hydrogens is 331 g/mol. The van der Waals surface area contributed by atoms with Crippen LogP contribution < -0.4 is 10.0 Å². The van der Waals surface area contributed by atoms with Crippen molar-refractivity contribution in [3.63, 3.8) is 0 Å². The molecule has 0 heterocycles. The second-order valence-electron chi connectivity index (χ2n) is 6.02. The highest BCUT2D eigenvalue weighted by Crippen LogP contribution is 2.45. The van der Waals surface area contributed by atoms with E-state index in [1.54, 1.807) is 6.07 Å². The lowest BCUT2D eigenvalue weighted by Gasteiger charge is -2.13. The first-order valence-electron chi connectivity index (χ1n) is 6.88. The van der Waals surface area contributed by atoms with Crippen molar-refractivity contribution in [3.8, 4) is 0 Å². The van der Waals surface area contributed by atoms with E-state index >= 15 is 0 Å². The van der Waals surface area contributed by atoms with E-state index < -0.39 is 10.0 Å². The number of sulfonamides is 1. The van der Waals surface area contributed by atoms with E-state index in [1.165, 1.54) is 6.07 Å². The van der Waals surface area contributed by atoms with Gasteiger partial charge in [0.05, 0.1) is 5.02 Å². The zero-order valence-electron chi connectivity index (χ0n) is 12.3. The summed E-state index contributed by atoms with van der Waals surface area (Å²) in [5, 5.41) is 3.71. The Bertz CT molecular complexity index is 645. The van der Waals surface area contributed by atoms with Gasteiger partial charge in [-0.2, -0.15) is 0 Å². The van der Waals surface area contributed by atoms with Crippen molar-refractivity contribution < 1.29 is 8.42 Å². The van der Waals surface area contributed by atoms with Crippen LogP contribution in [-0.4, -0.2) is 21.0 Å².